The van der Waals surface area contributed by atoms with E-state index in [0.717, 1.165) is 5.56 Å². The molecule has 0 bridgehead atoms. The topological polar surface area (TPSA) is 43.1 Å². The summed E-state index contributed by atoms with van der Waals surface area (Å²) in [4.78, 5) is 11.1. The van der Waals surface area contributed by atoms with E-state index < -0.39 is 5.41 Å². The molecule has 2 N–H and O–H groups in total. The minimum Gasteiger partial charge on any atom is -0.369 e. The molecular formula is C11H15NO. The molecule has 2 nitrogen and oxygen atoms in total. The van der Waals surface area contributed by atoms with Crippen LogP contribution in [0.2, 0.25) is 0 Å². The van der Waals surface area contributed by atoms with E-state index in [0.29, 0.717) is 0 Å². The normalized spacial score (nSPS) is 11.3. The van der Waals surface area contributed by atoms with Crippen LogP contribution in [0.25, 0.3) is 0 Å². The molecular weight excluding hydrogens is 162 g/mol. The van der Waals surface area contributed by atoms with Crippen molar-refractivity contribution in [3.05, 3.63) is 35.4 Å². The lowest BCUT2D eigenvalue weighted by molar-refractivity contribution is -0.122. The molecule has 0 saturated carbocycles. The maximum atomic E-state index is 11.1. The number of hydrogen-bond acceptors (Lipinski definition) is 1. The zero-order valence-electron chi connectivity index (χ0n) is 8.29. The van der Waals surface area contributed by atoms with Crippen LogP contribution in [0, 0.1) is 6.92 Å². The molecule has 0 aromatic heterocycles. The number of amides is 1. The van der Waals surface area contributed by atoms with E-state index in [9.17, 15) is 4.79 Å². The van der Waals surface area contributed by atoms with Crippen LogP contribution < -0.4 is 5.73 Å². The smallest absolute Gasteiger partial charge is 0.227 e. The second-order valence-corrected chi connectivity index (χ2v) is 3.86. The minimum absolute atomic E-state index is 0.295. The van der Waals surface area contributed by atoms with Crippen molar-refractivity contribution in [1.82, 2.24) is 0 Å². The molecule has 0 aliphatic carbocycles. The number of benzene rings is 1. The van der Waals surface area contributed by atoms with Gasteiger partial charge in [-0.25, -0.2) is 0 Å². The average Bonchev–Trinajstić information content (AvgIpc) is 2.04. The first-order chi connectivity index (χ1) is 5.94. The fourth-order valence-electron chi connectivity index (χ4n) is 1.11. The lowest BCUT2D eigenvalue weighted by atomic mass is 9.84. The van der Waals surface area contributed by atoms with Crippen molar-refractivity contribution in [2.45, 2.75) is 26.2 Å². The molecule has 0 spiro atoms. The van der Waals surface area contributed by atoms with Crippen molar-refractivity contribution in [2.24, 2.45) is 5.73 Å². The van der Waals surface area contributed by atoms with E-state index in [1.807, 2.05) is 45.0 Å². The fourth-order valence-corrected chi connectivity index (χ4v) is 1.11. The molecule has 0 saturated heterocycles. The Bertz CT molecular complexity index is 311. The number of aryl methyl sites for hydroxylation is 1. The van der Waals surface area contributed by atoms with Crippen molar-refractivity contribution < 1.29 is 4.79 Å². The molecule has 2 heteroatoms. The molecule has 0 atom stereocenters. The Hall–Kier alpha value is -1.31. The summed E-state index contributed by atoms with van der Waals surface area (Å²) >= 11 is 0. The van der Waals surface area contributed by atoms with Crippen LogP contribution in [0.3, 0.4) is 0 Å². The highest BCUT2D eigenvalue weighted by Gasteiger charge is 2.26. The van der Waals surface area contributed by atoms with Gasteiger partial charge in [-0.15, -0.1) is 0 Å². The number of primary amides is 1. The maximum Gasteiger partial charge on any atom is 0.227 e. The third-order valence-electron chi connectivity index (χ3n) is 2.39. The van der Waals surface area contributed by atoms with Crippen molar-refractivity contribution in [3.8, 4) is 0 Å². The minimum atomic E-state index is -0.576. The van der Waals surface area contributed by atoms with Gasteiger partial charge in [0.2, 0.25) is 5.91 Å². The SMILES string of the molecule is Cc1ccc(C(C)(C)C(N)=O)cc1. The quantitative estimate of drug-likeness (QED) is 0.735. The molecule has 1 amide bonds. The van der Waals surface area contributed by atoms with E-state index in [-0.39, 0.29) is 5.91 Å². The summed E-state index contributed by atoms with van der Waals surface area (Å²) in [7, 11) is 0. The van der Waals surface area contributed by atoms with Gasteiger partial charge in [-0.2, -0.15) is 0 Å². The van der Waals surface area contributed by atoms with Crippen LogP contribution in [0.4, 0.5) is 0 Å². The van der Waals surface area contributed by atoms with E-state index >= 15 is 0 Å². The summed E-state index contributed by atoms with van der Waals surface area (Å²) in [6.07, 6.45) is 0. The van der Waals surface area contributed by atoms with Gasteiger partial charge in [0.15, 0.2) is 0 Å². The number of rotatable bonds is 2. The Morgan fingerprint density at radius 1 is 1.23 bits per heavy atom. The zero-order valence-corrected chi connectivity index (χ0v) is 8.29. The molecule has 0 heterocycles. The maximum absolute atomic E-state index is 11.1. The first kappa shape index (κ1) is 9.78. The first-order valence-corrected chi connectivity index (χ1v) is 4.31. The van der Waals surface area contributed by atoms with E-state index in [1.165, 1.54) is 5.56 Å². The predicted molar refractivity (Wildman–Crippen MR) is 53.4 cm³/mol. The average molecular weight is 177 g/mol. The van der Waals surface area contributed by atoms with Gasteiger partial charge in [-0.05, 0) is 26.3 Å². The summed E-state index contributed by atoms with van der Waals surface area (Å²) in [5.74, 6) is -0.295. The predicted octanol–water partition coefficient (Wildman–Crippen LogP) is 1.76. The Kier molecular flexibility index (Phi) is 2.41. The number of carbonyl (C=O) groups excluding carboxylic acids is 1. The van der Waals surface area contributed by atoms with E-state index in [4.69, 9.17) is 5.73 Å². The van der Waals surface area contributed by atoms with E-state index in [1.54, 1.807) is 0 Å². The van der Waals surface area contributed by atoms with Crippen LogP contribution in [0.15, 0.2) is 24.3 Å². The number of hydrogen-bond donors (Lipinski definition) is 1. The molecule has 0 aliphatic rings. The second-order valence-electron chi connectivity index (χ2n) is 3.86. The second kappa shape index (κ2) is 3.21. The Labute approximate surface area is 78.8 Å². The van der Waals surface area contributed by atoms with Gasteiger partial charge in [0.05, 0.1) is 5.41 Å². The van der Waals surface area contributed by atoms with Gasteiger partial charge < -0.3 is 5.73 Å². The third-order valence-corrected chi connectivity index (χ3v) is 2.39. The van der Waals surface area contributed by atoms with Crippen LogP contribution in [0.1, 0.15) is 25.0 Å². The first-order valence-electron chi connectivity index (χ1n) is 4.31. The summed E-state index contributed by atoms with van der Waals surface area (Å²) < 4.78 is 0. The Balaban J connectivity index is 3.08. The molecule has 1 rings (SSSR count). The van der Waals surface area contributed by atoms with Crippen LogP contribution in [0.5, 0.6) is 0 Å². The number of carbonyl (C=O) groups is 1. The lowest BCUT2D eigenvalue weighted by Gasteiger charge is -2.20. The summed E-state index contributed by atoms with van der Waals surface area (Å²) in [5, 5.41) is 0. The molecule has 1 aromatic rings. The van der Waals surface area contributed by atoms with Gasteiger partial charge in [-0.3, -0.25) is 4.79 Å². The Morgan fingerprint density at radius 3 is 2.08 bits per heavy atom. The molecule has 0 fully saturated rings. The Morgan fingerprint density at radius 2 is 1.69 bits per heavy atom. The van der Waals surface area contributed by atoms with Crippen LogP contribution in [-0.4, -0.2) is 5.91 Å². The lowest BCUT2D eigenvalue weighted by Crippen LogP contribution is -2.35. The summed E-state index contributed by atoms with van der Waals surface area (Å²) in [5.41, 5.74) is 6.87. The van der Waals surface area contributed by atoms with Gasteiger partial charge in [0.1, 0.15) is 0 Å². The van der Waals surface area contributed by atoms with Crippen molar-refractivity contribution in [1.29, 1.82) is 0 Å². The van der Waals surface area contributed by atoms with Crippen LogP contribution in [-0.2, 0) is 10.2 Å². The van der Waals surface area contributed by atoms with Crippen molar-refractivity contribution in [2.75, 3.05) is 0 Å². The highest BCUT2D eigenvalue weighted by Crippen LogP contribution is 2.22. The standard InChI is InChI=1S/C11H15NO/c1-8-4-6-9(7-5-8)11(2,3)10(12)13/h4-7H,1-3H3,(H2,12,13). The molecule has 0 radical (unpaired) electrons. The molecule has 1 aromatic carbocycles. The monoisotopic (exact) mass is 177 g/mol. The van der Waals surface area contributed by atoms with Crippen molar-refractivity contribution in [3.63, 3.8) is 0 Å². The van der Waals surface area contributed by atoms with Gasteiger partial charge in [-0.1, -0.05) is 29.8 Å². The molecule has 0 unspecified atom stereocenters. The van der Waals surface area contributed by atoms with Crippen LogP contribution >= 0.6 is 0 Å². The molecule has 70 valence electrons. The third kappa shape index (κ3) is 1.89. The summed E-state index contributed by atoms with van der Waals surface area (Å²) in [6, 6.07) is 7.86. The van der Waals surface area contributed by atoms with E-state index in [2.05, 4.69) is 0 Å². The summed E-state index contributed by atoms with van der Waals surface area (Å²) in [6.45, 7) is 5.68. The fraction of sp³-hybridized carbons (Fsp3) is 0.364. The zero-order chi connectivity index (χ0) is 10.1. The number of nitrogens with two attached hydrogens (primary N) is 1. The van der Waals surface area contributed by atoms with Crippen molar-refractivity contribution >= 4 is 5.91 Å². The molecule has 0 aliphatic heterocycles. The highest BCUT2D eigenvalue weighted by atomic mass is 16.1. The molecule has 13 heavy (non-hydrogen) atoms. The van der Waals surface area contributed by atoms with Gasteiger partial charge >= 0.3 is 0 Å². The largest absolute Gasteiger partial charge is 0.369 e. The highest BCUT2D eigenvalue weighted by molar-refractivity contribution is 5.85. The van der Waals surface area contributed by atoms with Gasteiger partial charge in [0.25, 0.3) is 0 Å². The van der Waals surface area contributed by atoms with Gasteiger partial charge in [0, 0.05) is 0 Å².